The number of carbonyl (C=O) groups excluding carboxylic acids is 3. The lowest BCUT2D eigenvalue weighted by Gasteiger charge is -2.26. The molecule has 1 fully saturated rings. The van der Waals surface area contributed by atoms with Gasteiger partial charge < -0.3 is 40.9 Å². The quantitative estimate of drug-likeness (QED) is 0.251. The number of carboxylic acid groups (broad SMARTS) is 1. The van der Waals surface area contributed by atoms with Gasteiger partial charge >= 0.3 is 6.09 Å². The molecule has 12 heteroatoms. The van der Waals surface area contributed by atoms with Crippen molar-refractivity contribution >= 4 is 23.8 Å². The molecule has 1 aliphatic heterocycles. The normalized spacial score (nSPS) is 20.9. The SMILES string of the molecule is COc1ccc(C[C@@H]2[C@H](O)[C@@H](O)CN2C(=O)CNC(=O)CNC(=O)[C@H](C)NC(=O)O)cc1. The van der Waals surface area contributed by atoms with Gasteiger partial charge in [0.1, 0.15) is 17.9 Å². The Morgan fingerprint density at radius 2 is 1.78 bits per heavy atom. The van der Waals surface area contributed by atoms with Gasteiger partial charge in [0, 0.05) is 6.54 Å². The Bertz CT molecular complexity index is 831. The minimum absolute atomic E-state index is 0.0776. The molecular weight excluding hydrogens is 424 g/mol. The molecule has 32 heavy (non-hydrogen) atoms. The Balaban J connectivity index is 1.87. The first-order chi connectivity index (χ1) is 15.1. The predicted octanol–water partition coefficient (Wildman–Crippen LogP) is -1.94. The monoisotopic (exact) mass is 452 g/mol. The van der Waals surface area contributed by atoms with Crippen molar-refractivity contribution in [1.29, 1.82) is 0 Å². The first-order valence-corrected chi connectivity index (χ1v) is 9.94. The van der Waals surface area contributed by atoms with Crippen molar-refractivity contribution in [1.82, 2.24) is 20.9 Å². The molecule has 0 bridgehead atoms. The van der Waals surface area contributed by atoms with E-state index in [0.29, 0.717) is 12.2 Å². The van der Waals surface area contributed by atoms with E-state index in [-0.39, 0.29) is 6.54 Å². The number of nitrogens with one attached hydrogen (secondary N) is 3. The molecule has 4 amide bonds. The van der Waals surface area contributed by atoms with Crippen LogP contribution >= 0.6 is 0 Å². The lowest BCUT2D eigenvalue weighted by Crippen LogP contribution is -2.49. The number of hydrogen-bond acceptors (Lipinski definition) is 7. The van der Waals surface area contributed by atoms with Gasteiger partial charge in [0.05, 0.1) is 32.3 Å². The van der Waals surface area contributed by atoms with Crippen LogP contribution in [0.5, 0.6) is 5.75 Å². The van der Waals surface area contributed by atoms with E-state index >= 15 is 0 Å². The summed E-state index contributed by atoms with van der Waals surface area (Å²) < 4.78 is 5.11. The molecular formula is C20H28N4O8. The molecule has 0 unspecified atom stereocenters. The van der Waals surface area contributed by atoms with Crippen LogP contribution in [0.1, 0.15) is 12.5 Å². The highest BCUT2D eigenvalue weighted by Gasteiger charge is 2.42. The van der Waals surface area contributed by atoms with E-state index in [1.807, 2.05) is 5.32 Å². The minimum atomic E-state index is -1.37. The van der Waals surface area contributed by atoms with Crippen LogP contribution in [0.3, 0.4) is 0 Å². The second-order valence-electron chi connectivity index (χ2n) is 7.39. The number of benzene rings is 1. The molecule has 0 aliphatic carbocycles. The number of aliphatic hydroxyl groups excluding tert-OH is 2. The van der Waals surface area contributed by atoms with E-state index < -0.39 is 61.2 Å². The number of methoxy groups -OCH3 is 1. The summed E-state index contributed by atoms with van der Waals surface area (Å²) in [5.74, 6) is -1.18. The van der Waals surface area contributed by atoms with Crippen LogP contribution in [-0.4, -0.2) is 95.1 Å². The van der Waals surface area contributed by atoms with Crippen LogP contribution in [0.25, 0.3) is 0 Å². The summed E-state index contributed by atoms with van der Waals surface area (Å²) in [5.41, 5.74) is 0.831. The van der Waals surface area contributed by atoms with E-state index in [1.165, 1.54) is 11.8 Å². The average Bonchev–Trinajstić information content (AvgIpc) is 3.04. The highest BCUT2D eigenvalue weighted by molar-refractivity contribution is 5.90. The van der Waals surface area contributed by atoms with Crippen LogP contribution in [0.2, 0.25) is 0 Å². The summed E-state index contributed by atoms with van der Waals surface area (Å²) in [4.78, 5) is 48.1. The molecule has 0 saturated carbocycles. The third kappa shape index (κ3) is 6.82. The number of nitrogens with zero attached hydrogens (tertiary/aromatic N) is 1. The van der Waals surface area contributed by atoms with Crippen LogP contribution in [0.15, 0.2) is 24.3 Å². The summed E-state index contributed by atoms with van der Waals surface area (Å²) in [6, 6.07) is 5.37. The fourth-order valence-corrected chi connectivity index (χ4v) is 3.32. The van der Waals surface area contributed by atoms with Gasteiger partial charge in [0.15, 0.2) is 0 Å². The van der Waals surface area contributed by atoms with E-state index in [0.717, 1.165) is 5.56 Å². The van der Waals surface area contributed by atoms with Crippen molar-refractivity contribution in [2.45, 2.75) is 37.6 Å². The molecule has 4 atom stereocenters. The third-order valence-corrected chi connectivity index (χ3v) is 5.09. The molecule has 1 aliphatic rings. The summed E-state index contributed by atoms with van der Waals surface area (Å²) in [7, 11) is 1.54. The first kappa shape index (κ1) is 24.9. The zero-order chi connectivity index (χ0) is 23.8. The first-order valence-electron chi connectivity index (χ1n) is 9.94. The molecule has 176 valence electrons. The number of amides is 4. The number of rotatable bonds is 9. The van der Waals surface area contributed by atoms with E-state index in [4.69, 9.17) is 9.84 Å². The van der Waals surface area contributed by atoms with Gasteiger partial charge in [-0.2, -0.15) is 0 Å². The lowest BCUT2D eigenvalue weighted by molar-refractivity contribution is -0.134. The molecule has 12 nitrogen and oxygen atoms in total. The Morgan fingerprint density at radius 3 is 2.38 bits per heavy atom. The molecule has 6 N–H and O–H groups in total. The van der Waals surface area contributed by atoms with Gasteiger partial charge in [-0.3, -0.25) is 14.4 Å². The Morgan fingerprint density at radius 1 is 1.12 bits per heavy atom. The molecule has 1 aromatic carbocycles. The molecule has 1 saturated heterocycles. The maximum absolute atomic E-state index is 12.6. The van der Waals surface area contributed by atoms with Gasteiger partial charge in [-0.25, -0.2) is 4.79 Å². The summed E-state index contributed by atoms with van der Waals surface area (Å²) in [5, 5.41) is 35.5. The van der Waals surface area contributed by atoms with Gasteiger partial charge in [0.2, 0.25) is 17.7 Å². The van der Waals surface area contributed by atoms with Crippen molar-refractivity contribution in [2.75, 3.05) is 26.7 Å². The second kappa shape index (κ2) is 11.3. The van der Waals surface area contributed by atoms with Crippen LogP contribution in [0, 0.1) is 0 Å². The number of carbonyl (C=O) groups is 4. The lowest BCUT2D eigenvalue weighted by atomic mass is 10.0. The maximum atomic E-state index is 12.6. The number of likely N-dealkylation sites (tertiary alicyclic amines) is 1. The van der Waals surface area contributed by atoms with Crippen molar-refractivity contribution in [3.8, 4) is 5.75 Å². The Hall–Kier alpha value is -3.38. The van der Waals surface area contributed by atoms with Crippen molar-refractivity contribution < 1.29 is 39.2 Å². The largest absolute Gasteiger partial charge is 0.497 e. The highest BCUT2D eigenvalue weighted by atomic mass is 16.5. The van der Waals surface area contributed by atoms with Crippen LogP contribution < -0.4 is 20.7 Å². The zero-order valence-electron chi connectivity index (χ0n) is 17.8. The summed E-state index contributed by atoms with van der Waals surface area (Å²) >= 11 is 0. The third-order valence-electron chi connectivity index (χ3n) is 5.09. The van der Waals surface area contributed by atoms with E-state index in [9.17, 15) is 29.4 Å². The Labute approximate surface area is 184 Å². The highest BCUT2D eigenvalue weighted by Crippen LogP contribution is 2.23. The van der Waals surface area contributed by atoms with Crippen LogP contribution in [-0.2, 0) is 20.8 Å². The molecule has 1 aromatic rings. The molecule has 2 rings (SSSR count). The van der Waals surface area contributed by atoms with Gasteiger partial charge in [0.25, 0.3) is 0 Å². The summed E-state index contributed by atoms with van der Waals surface area (Å²) in [6.07, 6.45) is -3.33. The minimum Gasteiger partial charge on any atom is -0.497 e. The molecule has 0 aromatic heterocycles. The topological polar surface area (TPSA) is 178 Å². The number of ether oxygens (including phenoxy) is 1. The van der Waals surface area contributed by atoms with Gasteiger partial charge in [-0.1, -0.05) is 12.1 Å². The maximum Gasteiger partial charge on any atom is 0.405 e. The van der Waals surface area contributed by atoms with Crippen LogP contribution in [0.4, 0.5) is 4.79 Å². The predicted molar refractivity (Wildman–Crippen MR) is 111 cm³/mol. The molecule has 1 heterocycles. The average molecular weight is 452 g/mol. The molecule has 0 radical (unpaired) electrons. The second-order valence-corrected chi connectivity index (χ2v) is 7.39. The zero-order valence-corrected chi connectivity index (χ0v) is 17.8. The number of aliphatic hydroxyl groups is 2. The van der Waals surface area contributed by atoms with Crippen molar-refractivity contribution in [3.05, 3.63) is 29.8 Å². The van der Waals surface area contributed by atoms with Crippen molar-refractivity contribution in [3.63, 3.8) is 0 Å². The standard InChI is InChI=1S/C20H28N4O8/c1-11(23-20(30)31)19(29)22-8-16(26)21-9-17(27)24-10-15(25)18(28)14(24)7-12-3-5-13(32-2)6-4-12/h3-6,11,14-15,18,23,25,28H,7-10H2,1-2H3,(H,21,26)(H,22,29)(H,30,31)/t11-,14+,15-,18-/m0/s1. The van der Waals surface area contributed by atoms with Gasteiger partial charge in [-0.05, 0) is 31.0 Å². The van der Waals surface area contributed by atoms with Crippen molar-refractivity contribution in [2.24, 2.45) is 0 Å². The fourth-order valence-electron chi connectivity index (χ4n) is 3.32. The van der Waals surface area contributed by atoms with E-state index in [2.05, 4.69) is 10.6 Å². The van der Waals surface area contributed by atoms with E-state index in [1.54, 1.807) is 31.4 Å². The number of β-amino-alcohol motifs (C(OH)–C–C–N with tert-alkyl or cyclic N) is 1. The number of hydrogen-bond donors (Lipinski definition) is 6. The summed E-state index contributed by atoms with van der Waals surface area (Å²) in [6.45, 7) is 0.401. The Kier molecular flexibility index (Phi) is 8.79. The van der Waals surface area contributed by atoms with Gasteiger partial charge in [-0.15, -0.1) is 0 Å². The molecule has 0 spiro atoms. The fraction of sp³-hybridized carbons (Fsp3) is 0.500. The smallest absolute Gasteiger partial charge is 0.405 e.